The van der Waals surface area contributed by atoms with Gasteiger partial charge in [0.1, 0.15) is 9.84 Å². The molecule has 0 aliphatic heterocycles. The van der Waals surface area contributed by atoms with E-state index in [4.69, 9.17) is 5.73 Å². The van der Waals surface area contributed by atoms with Crippen molar-refractivity contribution >= 4 is 9.84 Å². The fourth-order valence-electron chi connectivity index (χ4n) is 3.24. The number of sulfone groups is 1. The number of hydrogen-bond acceptors (Lipinski definition) is 3. The van der Waals surface area contributed by atoms with Gasteiger partial charge < -0.3 is 5.73 Å². The largest absolute Gasteiger partial charge is 0.325 e. The standard InChI is InChI=1S/C15H31NO2S/c1-3-7-14-8-5-10-15(16,12-9-14)11-6-13-19(17,18)4-2/h14H,3-13,16H2,1-2H3. The summed E-state index contributed by atoms with van der Waals surface area (Å²) in [6.07, 6.45) is 10.1. The smallest absolute Gasteiger partial charge is 0.150 e. The average Bonchev–Trinajstić information content (AvgIpc) is 2.53. The van der Waals surface area contributed by atoms with Crippen LogP contribution in [0.5, 0.6) is 0 Å². The first-order chi connectivity index (χ1) is 8.91. The molecular weight excluding hydrogens is 258 g/mol. The van der Waals surface area contributed by atoms with Crippen molar-refractivity contribution in [3.63, 3.8) is 0 Å². The summed E-state index contributed by atoms with van der Waals surface area (Å²) in [5.74, 6) is 1.40. The minimum absolute atomic E-state index is 0.105. The fourth-order valence-corrected chi connectivity index (χ4v) is 4.11. The van der Waals surface area contributed by atoms with Crippen LogP contribution in [0.1, 0.15) is 71.6 Å². The molecule has 0 bridgehead atoms. The van der Waals surface area contributed by atoms with E-state index in [9.17, 15) is 8.42 Å². The first-order valence-electron chi connectivity index (χ1n) is 7.90. The van der Waals surface area contributed by atoms with Gasteiger partial charge in [-0.15, -0.1) is 0 Å². The Balaban J connectivity index is 2.39. The van der Waals surface area contributed by atoms with E-state index in [0.717, 1.165) is 31.6 Å². The Morgan fingerprint density at radius 3 is 2.58 bits per heavy atom. The highest BCUT2D eigenvalue weighted by molar-refractivity contribution is 7.91. The van der Waals surface area contributed by atoms with E-state index in [-0.39, 0.29) is 11.3 Å². The van der Waals surface area contributed by atoms with Gasteiger partial charge in [0, 0.05) is 11.3 Å². The molecule has 0 aromatic rings. The third-order valence-corrected chi connectivity index (χ3v) is 6.39. The van der Waals surface area contributed by atoms with Crippen molar-refractivity contribution in [2.45, 2.75) is 77.2 Å². The van der Waals surface area contributed by atoms with Crippen molar-refractivity contribution < 1.29 is 8.42 Å². The Morgan fingerprint density at radius 2 is 1.95 bits per heavy atom. The molecule has 19 heavy (non-hydrogen) atoms. The predicted molar refractivity (Wildman–Crippen MR) is 82.0 cm³/mol. The second-order valence-corrected chi connectivity index (χ2v) is 8.76. The molecule has 4 heteroatoms. The molecule has 0 saturated heterocycles. The Kier molecular flexibility index (Phi) is 6.81. The van der Waals surface area contributed by atoms with Gasteiger partial charge in [0.2, 0.25) is 0 Å². The second-order valence-electron chi connectivity index (χ2n) is 6.29. The maximum absolute atomic E-state index is 11.5. The predicted octanol–water partition coefficient (Wildman–Crippen LogP) is 3.28. The summed E-state index contributed by atoms with van der Waals surface area (Å²) in [5.41, 5.74) is 6.39. The van der Waals surface area contributed by atoms with Crippen LogP contribution < -0.4 is 5.73 Å². The van der Waals surface area contributed by atoms with Crippen molar-refractivity contribution in [2.75, 3.05) is 11.5 Å². The highest BCUT2D eigenvalue weighted by Gasteiger charge is 2.29. The summed E-state index contributed by atoms with van der Waals surface area (Å²) >= 11 is 0. The van der Waals surface area contributed by atoms with Crippen LogP contribution in [0.3, 0.4) is 0 Å². The summed E-state index contributed by atoms with van der Waals surface area (Å²) in [7, 11) is -2.83. The highest BCUT2D eigenvalue weighted by Crippen LogP contribution is 2.33. The molecule has 0 radical (unpaired) electrons. The molecule has 114 valence electrons. The molecular formula is C15H31NO2S. The topological polar surface area (TPSA) is 60.2 Å². The van der Waals surface area contributed by atoms with Gasteiger partial charge in [-0.3, -0.25) is 0 Å². The van der Waals surface area contributed by atoms with Crippen LogP contribution in [0.25, 0.3) is 0 Å². The van der Waals surface area contributed by atoms with Crippen LogP contribution in [0.2, 0.25) is 0 Å². The molecule has 0 amide bonds. The molecule has 1 aliphatic carbocycles. The second kappa shape index (κ2) is 7.63. The van der Waals surface area contributed by atoms with Gasteiger partial charge in [-0.1, -0.05) is 39.5 Å². The van der Waals surface area contributed by atoms with Gasteiger partial charge in [-0.25, -0.2) is 8.42 Å². The first-order valence-corrected chi connectivity index (χ1v) is 9.72. The molecule has 2 atom stereocenters. The Hall–Kier alpha value is -0.0900. The molecule has 2 unspecified atom stereocenters. The van der Waals surface area contributed by atoms with Crippen LogP contribution >= 0.6 is 0 Å². The SMILES string of the molecule is CCCC1CCCC(N)(CCCS(=O)(=O)CC)CC1. The van der Waals surface area contributed by atoms with Crippen LogP contribution in [-0.2, 0) is 9.84 Å². The van der Waals surface area contributed by atoms with Crippen molar-refractivity contribution in [3.05, 3.63) is 0 Å². The molecule has 1 fully saturated rings. The molecule has 3 nitrogen and oxygen atoms in total. The Morgan fingerprint density at radius 1 is 1.21 bits per heavy atom. The van der Waals surface area contributed by atoms with E-state index in [1.807, 2.05) is 0 Å². The van der Waals surface area contributed by atoms with E-state index in [1.165, 1.54) is 32.1 Å². The maximum atomic E-state index is 11.5. The quantitative estimate of drug-likeness (QED) is 0.732. The van der Waals surface area contributed by atoms with Crippen LogP contribution in [0.4, 0.5) is 0 Å². The zero-order valence-electron chi connectivity index (χ0n) is 12.7. The number of rotatable bonds is 7. The summed E-state index contributed by atoms with van der Waals surface area (Å²) in [6.45, 7) is 3.96. The summed E-state index contributed by atoms with van der Waals surface area (Å²) in [4.78, 5) is 0. The van der Waals surface area contributed by atoms with E-state index in [0.29, 0.717) is 5.75 Å². The van der Waals surface area contributed by atoms with Gasteiger partial charge in [-0.2, -0.15) is 0 Å². The van der Waals surface area contributed by atoms with Crippen molar-refractivity contribution in [3.8, 4) is 0 Å². The average molecular weight is 289 g/mol. The van der Waals surface area contributed by atoms with Crippen molar-refractivity contribution in [1.29, 1.82) is 0 Å². The lowest BCUT2D eigenvalue weighted by atomic mass is 9.86. The van der Waals surface area contributed by atoms with Crippen molar-refractivity contribution in [1.82, 2.24) is 0 Å². The summed E-state index contributed by atoms with van der Waals surface area (Å²) in [6, 6.07) is 0. The lowest BCUT2D eigenvalue weighted by Crippen LogP contribution is -2.39. The summed E-state index contributed by atoms with van der Waals surface area (Å²) in [5, 5.41) is 0. The normalized spacial score (nSPS) is 29.1. The minimum atomic E-state index is -2.83. The van der Waals surface area contributed by atoms with Crippen LogP contribution in [0, 0.1) is 5.92 Å². The third-order valence-electron chi connectivity index (χ3n) is 4.60. The lowest BCUT2D eigenvalue weighted by molar-refractivity contribution is 0.332. The first kappa shape index (κ1) is 17.0. The maximum Gasteiger partial charge on any atom is 0.150 e. The van der Waals surface area contributed by atoms with Crippen molar-refractivity contribution in [2.24, 2.45) is 11.7 Å². The lowest BCUT2D eigenvalue weighted by Gasteiger charge is -2.28. The summed E-state index contributed by atoms with van der Waals surface area (Å²) < 4.78 is 23.0. The molecule has 0 aromatic carbocycles. The van der Waals surface area contributed by atoms with Gasteiger partial charge in [-0.05, 0) is 38.0 Å². The van der Waals surface area contributed by atoms with Crippen LogP contribution in [-0.4, -0.2) is 25.5 Å². The molecule has 0 aromatic heterocycles. The molecule has 2 N–H and O–H groups in total. The van der Waals surface area contributed by atoms with Gasteiger partial charge in [0.15, 0.2) is 0 Å². The van der Waals surface area contributed by atoms with Crippen LogP contribution in [0.15, 0.2) is 0 Å². The monoisotopic (exact) mass is 289 g/mol. The highest BCUT2D eigenvalue weighted by atomic mass is 32.2. The van der Waals surface area contributed by atoms with Gasteiger partial charge in [0.25, 0.3) is 0 Å². The van der Waals surface area contributed by atoms with E-state index in [1.54, 1.807) is 6.92 Å². The van der Waals surface area contributed by atoms with Gasteiger partial charge >= 0.3 is 0 Å². The molecule has 1 aliphatic rings. The number of hydrogen-bond donors (Lipinski definition) is 1. The number of nitrogens with two attached hydrogens (primary N) is 1. The molecule has 0 spiro atoms. The zero-order valence-corrected chi connectivity index (χ0v) is 13.5. The Labute approximate surface area is 119 Å². The third kappa shape index (κ3) is 6.26. The van der Waals surface area contributed by atoms with E-state index >= 15 is 0 Å². The Bertz CT molecular complexity index is 353. The van der Waals surface area contributed by atoms with E-state index in [2.05, 4.69) is 6.92 Å². The molecule has 1 rings (SSSR count). The molecule has 0 heterocycles. The fraction of sp³-hybridized carbons (Fsp3) is 1.00. The van der Waals surface area contributed by atoms with E-state index < -0.39 is 9.84 Å². The minimum Gasteiger partial charge on any atom is -0.325 e. The molecule has 1 saturated carbocycles. The zero-order chi connectivity index (χ0) is 14.4. The van der Waals surface area contributed by atoms with Gasteiger partial charge in [0.05, 0.1) is 5.75 Å².